The maximum Gasteiger partial charge on any atom is 0.335 e. The van der Waals surface area contributed by atoms with E-state index in [1.54, 1.807) is 24.3 Å². The van der Waals surface area contributed by atoms with Gasteiger partial charge >= 0.3 is 5.97 Å². The number of hydrogen-bond acceptors (Lipinski definition) is 2. The van der Waals surface area contributed by atoms with E-state index in [4.69, 9.17) is 5.11 Å². The Morgan fingerprint density at radius 1 is 1.10 bits per heavy atom. The molecule has 2 N–H and O–H groups in total. The summed E-state index contributed by atoms with van der Waals surface area (Å²) in [7, 11) is 1.51. The first-order valence-electron chi connectivity index (χ1n) is 5.88. The van der Waals surface area contributed by atoms with E-state index >= 15 is 0 Å². The van der Waals surface area contributed by atoms with Crippen molar-refractivity contribution < 1.29 is 19.1 Å². The number of aromatic carboxylic acids is 1. The number of amides is 1. The lowest BCUT2D eigenvalue weighted by atomic mass is 10.0. The lowest BCUT2D eigenvalue weighted by Gasteiger charge is -2.07. The molecule has 4 nitrogen and oxygen atoms in total. The minimum absolute atomic E-state index is 0.117. The summed E-state index contributed by atoms with van der Waals surface area (Å²) < 4.78 is 13.9. The Morgan fingerprint density at radius 2 is 1.85 bits per heavy atom. The fourth-order valence-corrected chi connectivity index (χ4v) is 1.85. The summed E-state index contributed by atoms with van der Waals surface area (Å²) in [5, 5.41) is 11.3. The second-order valence-corrected chi connectivity index (χ2v) is 4.16. The lowest BCUT2D eigenvalue weighted by molar-refractivity contribution is 0.0696. The van der Waals surface area contributed by atoms with Crippen LogP contribution in [0.15, 0.2) is 42.5 Å². The minimum atomic E-state index is -1.19. The number of benzene rings is 2. The molecule has 0 spiro atoms. The van der Waals surface area contributed by atoms with Crippen LogP contribution in [-0.2, 0) is 0 Å². The number of halogens is 1. The molecular weight excluding hydrogens is 261 g/mol. The van der Waals surface area contributed by atoms with Gasteiger partial charge in [0.2, 0.25) is 0 Å². The number of carboxylic acids is 1. The van der Waals surface area contributed by atoms with Crippen molar-refractivity contribution in [3.8, 4) is 11.1 Å². The molecule has 0 aromatic heterocycles. The summed E-state index contributed by atoms with van der Waals surface area (Å²) >= 11 is 0. The highest BCUT2D eigenvalue weighted by Gasteiger charge is 2.11. The average molecular weight is 273 g/mol. The molecule has 2 aromatic rings. The number of rotatable bonds is 3. The van der Waals surface area contributed by atoms with Gasteiger partial charge < -0.3 is 10.4 Å². The van der Waals surface area contributed by atoms with Gasteiger partial charge in [0.25, 0.3) is 5.91 Å². The molecular formula is C15H12FNO3. The molecule has 0 heterocycles. The predicted molar refractivity (Wildman–Crippen MR) is 72.2 cm³/mol. The minimum Gasteiger partial charge on any atom is -0.478 e. The largest absolute Gasteiger partial charge is 0.478 e. The maximum atomic E-state index is 13.9. The molecule has 2 rings (SSSR count). The van der Waals surface area contributed by atoms with Crippen molar-refractivity contribution in [2.24, 2.45) is 0 Å². The highest BCUT2D eigenvalue weighted by atomic mass is 19.1. The quantitative estimate of drug-likeness (QED) is 0.903. The summed E-state index contributed by atoms with van der Waals surface area (Å²) in [6.45, 7) is 0. The molecule has 0 atom stereocenters. The van der Waals surface area contributed by atoms with Gasteiger partial charge in [-0.1, -0.05) is 18.2 Å². The van der Waals surface area contributed by atoms with E-state index in [-0.39, 0.29) is 17.0 Å². The molecule has 20 heavy (non-hydrogen) atoms. The average Bonchev–Trinajstić information content (AvgIpc) is 2.46. The number of carbonyl (C=O) groups excluding carboxylic acids is 1. The van der Waals surface area contributed by atoms with E-state index in [1.165, 1.54) is 19.2 Å². The van der Waals surface area contributed by atoms with Gasteiger partial charge in [0.05, 0.1) is 5.56 Å². The van der Waals surface area contributed by atoms with E-state index in [9.17, 15) is 14.0 Å². The lowest BCUT2D eigenvalue weighted by Crippen LogP contribution is -2.17. The van der Waals surface area contributed by atoms with Crippen LogP contribution < -0.4 is 5.32 Å². The second kappa shape index (κ2) is 5.52. The zero-order chi connectivity index (χ0) is 14.7. The van der Waals surface area contributed by atoms with Crippen LogP contribution in [0.3, 0.4) is 0 Å². The van der Waals surface area contributed by atoms with Gasteiger partial charge in [-0.2, -0.15) is 0 Å². The molecule has 0 saturated heterocycles. The van der Waals surface area contributed by atoms with E-state index < -0.39 is 11.8 Å². The van der Waals surface area contributed by atoms with E-state index in [0.717, 1.165) is 6.07 Å². The molecule has 0 bridgehead atoms. The van der Waals surface area contributed by atoms with Gasteiger partial charge in [-0.25, -0.2) is 9.18 Å². The topological polar surface area (TPSA) is 66.4 Å². The van der Waals surface area contributed by atoms with Crippen molar-refractivity contribution in [3.05, 3.63) is 59.4 Å². The third kappa shape index (κ3) is 2.66. The number of hydrogen-bond donors (Lipinski definition) is 2. The molecule has 1 amide bonds. The SMILES string of the molecule is CNC(=O)c1cccc(-c2ccc(C(=O)O)cc2F)c1. The third-order valence-electron chi connectivity index (χ3n) is 2.88. The Bertz CT molecular complexity index is 683. The van der Waals surface area contributed by atoms with Crippen LogP contribution >= 0.6 is 0 Å². The van der Waals surface area contributed by atoms with Gasteiger partial charge in [-0.3, -0.25) is 4.79 Å². The summed E-state index contributed by atoms with van der Waals surface area (Å²) in [6, 6.07) is 10.2. The van der Waals surface area contributed by atoms with Crippen LogP contribution in [0, 0.1) is 5.82 Å². The third-order valence-corrected chi connectivity index (χ3v) is 2.88. The van der Waals surface area contributed by atoms with Gasteiger partial charge in [-0.15, -0.1) is 0 Å². The van der Waals surface area contributed by atoms with E-state index in [1.807, 2.05) is 0 Å². The van der Waals surface area contributed by atoms with E-state index in [0.29, 0.717) is 11.1 Å². The summed E-state index contributed by atoms with van der Waals surface area (Å²) in [4.78, 5) is 22.3. The van der Waals surface area contributed by atoms with Crippen molar-refractivity contribution in [1.82, 2.24) is 5.32 Å². The second-order valence-electron chi connectivity index (χ2n) is 4.16. The Balaban J connectivity index is 2.46. The molecule has 102 valence electrons. The highest BCUT2D eigenvalue weighted by molar-refractivity contribution is 5.95. The van der Waals surface area contributed by atoms with Crippen molar-refractivity contribution in [2.45, 2.75) is 0 Å². The number of carbonyl (C=O) groups is 2. The number of carboxylic acid groups (broad SMARTS) is 1. The van der Waals surface area contributed by atoms with Crippen LogP contribution in [0.5, 0.6) is 0 Å². The molecule has 0 aliphatic carbocycles. The van der Waals surface area contributed by atoms with Gasteiger partial charge in [0.1, 0.15) is 5.82 Å². The Morgan fingerprint density at radius 3 is 2.45 bits per heavy atom. The monoisotopic (exact) mass is 273 g/mol. The zero-order valence-corrected chi connectivity index (χ0v) is 10.7. The molecule has 0 radical (unpaired) electrons. The van der Waals surface area contributed by atoms with Gasteiger partial charge in [0.15, 0.2) is 0 Å². The molecule has 5 heteroatoms. The summed E-state index contributed by atoms with van der Waals surface area (Å²) in [5.74, 6) is -2.09. The van der Waals surface area contributed by atoms with Crippen LogP contribution in [0.2, 0.25) is 0 Å². The highest BCUT2D eigenvalue weighted by Crippen LogP contribution is 2.24. The van der Waals surface area contributed by atoms with Crippen molar-refractivity contribution in [3.63, 3.8) is 0 Å². The zero-order valence-electron chi connectivity index (χ0n) is 10.7. The van der Waals surface area contributed by atoms with Crippen molar-refractivity contribution in [2.75, 3.05) is 7.05 Å². The first-order valence-corrected chi connectivity index (χ1v) is 5.88. The Hall–Kier alpha value is -2.69. The van der Waals surface area contributed by atoms with Crippen molar-refractivity contribution in [1.29, 1.82) is 0 Å². The Kier molecular flexibility index (Phi) is 3.79. The number of nitrogens with one attached hydrogen (secondary N) is 1. The summed E-state index contributed by atoms with van der Waals surface area (Å²) in [5.41, 5.74) is 1.06. The van der Waals surface area contributed by atoms with Crippen LogP contribution in [-0.4, -0.2) is 24.0 Å². The first-order chi connectivity index (χ1) is 9.52. The van der Waals surface area contributed by atoms with Crippen LogP contribution in [0.1, 0.15) is 20.7 Å². The van der Waals surface area contributed by atoms with Crippen LogP contribution in [0.4, 0.5) is 4.39 Å². The molecule has 0 saturated carbocycles. The standard InChI is InChI=1S/C15H12FNO3/c1-17-14(18)10-4-2-3-9(7-10)12-6-5-11(15(19)20)8-13(12)16/h2-8H,1H3,(H,17,18)(H,19,20). The fraction of sp³-hybridized carbons (Fsp3) is 0.0667. The summed E-state index contributed by atoms with van der Waals surface area (Å²) in [6.07, 6.45) is 0. The molecule has 0 aliphatic heterocycles. The molecule has 0 fully saturated rings. The first kappa shape index (κ1) is 13.7. The Labute approximate surface area is 114 Å². The van der Waals surface area contributed by atoms with E-state index in [2.05, 4.69) is 5.32 Å². The van der Waals surface area contributed by atoms with Crippen LogP contribution in [0.25, 0.3) is 11.1 Å². The molecule has 2 aromatic carbocycles. The van der Waals surface area contributed by atoms with Gasteiger partial charge in [-0.05, 0) is 29.8 Å². The molecule has 0 aliphatic rings. The maximum absolute atomic E-state index is 13.9. The molecule has 0 unspecified atom stereocenters. The normalized spacial score (nSPS) is 10.1. The van der Waals surface area contributed by atoms with Gasteiger partial charge in [0, 0.05) is 18.2 Å². The predicted octanol–water partition coefficient (Wildman–Crippen LogP) is 2.55. The van der Waals surface area contributed by atoms with Crippen molar-refractivity contribution >= 4 is 11.9 Å². The fourth-order valence-electron chi connectivity index (χ4n) is 1.85. The smallest absolute Gasteiger partial charge is 0.335 e.